The van der Waals surface area contributed by atoms with E-state index in [4.69, 9.17) is 4.74 Å². The van der Waals surface area contributed by atoms with Crippen LogP contribution in [0.1, 0.15) is 25.0 Å². The molecule has 2 aliphatic rings. The van der Waals surface area contributed by atoms with Crippen molar-refractivity contribution in [1.82, 2.24) is 0 Å². The van der Waals surface area contributed by atoms with E-state index >= 15 is 0 Å². The highest BCUT2D eigenvalue weighted by Gasteiger charge is 2.35. The molecule has 0 atom stereocenters. The number of fused-ring (bicyclic) bond motifs is 7. The first kappa shape index (κ1) is 25.6. The first-order valence-electron chi connectivity index (χ1n) is 16.1. The lowest BCUT2D eigenvalue weighted by Crippen LogP contribution is -2.14. The maximum Gasteiger partial charge on any atom is 0.135 e. The zero-order valence-electron chi connectivity index (χ0n) is 25.8. The molecule has 0 fully saturated rings. The van der Waals surface area contributed by atoms with Gasteiger partial charge in [-0.15, -0.1) is 0 Å². The average molecular weight is 587 g/mol. The topological polar surface area (TPSA) is 9.23 Å². The van der Waals surface area contributed by atoms with Crippen molar-refractivity contribution >= 4 is 32.3 Å². The summed E-state index contributed by atoms with van der Waals surface area (Å²) in [4.78, 5) is 0. The van der Waals surface area contributed by atoms with Crippen molar-refractivity contribution in [3.63, 3.8) is 0 Å². The minimum absolute atomic E-state index is 0.0580. The molecule has 0 spiro atoms. The zero-order chi connectivity index (χ0) is 30.6. The van der Waals surface area contributed by atoms with Crippen LogP contribution in [0.5, 0.6) is 11.5 Å². The monoisotopic (exact) mass is 586 g/mol. The number of benzene rings is 8. The van der Waals surface area contributed by atoms with E-state index in [-0.39, 0.29) is 5.41 Å². The summed E-state index contributed by atoms with van der Waals surface area (Å²) in [6, 6.07) is 53.4. The van der Waals surface area contributed by atoms with Gasteiger partial charge < -0.3 is 4.74 Å². The van der Waals surface area contributed by atoms with Crippen LogP contribution in [-0.2, 0) is 5.41 Å². The third-order valence-electron chi connectivity index (χ3n) is 10.5. The van der Waals surface area contributed by atoms with Crippen LogP contribution in [0.4, 0.5) is 0 Å². The maximum absolute atomic E-state index is 6.47. The van der Waals surface area contributed by atoms with E-state index in [1.54, 1.807) is 0 Å². The molecule has 1 heteroatoms. The highest BCUT2D eigenvalue weighted by Crippen LogP contribution is 2.53. The zero-order valence-corrected chi connectivity index (χ0v) is 25.8. The van der Waals surface area contributed by atoms with E-state index in [2.05, 4.69) is 153 Å². The maximum atomic E-state index is 6.47. The van der Waals surface area contributed by atoms with Crippen molar-refractivity contribution in [2.75, 3.05) is 0 Å². The SMILES string of the molecule is CC1(C)c2ccccc2-c2ccc(-c3c4ccccc4c(-c4ccc5c6c(cccc46)-c4ccccc4O5)c4ccccc34)cc21. The molecule has 1 aliphatic carbocycles. The van der Waals surface area contributed by atoms with Crippen molar-refractivity contribution in [1.29, 1.82) is 0 Å². The van der Waals surface area contributed by atoms with E-state index in [1.165, 1.54) is 82.4 Å². The molecule has 0 bridgehead atoms. The molecule has 0 N–H and O–H groups in total. The standard InChI is InChI=1S/C45H30O/c1-45(2)38-20-9-7-12-28(38)29-23-22-27(26-39(29)45)42-32-14-3-5-16-34(32)43(35-17-6-4-15-33(35)42)37-24-25-41-44-31(18-11-19-36(37)44)30-13-8-10-21-40(30)46-41/h3-26H,1-2H3. The van der Waals surface area contributed by atoms with Crippen LogP contribution >= 0.6 is 0 Å². The molecule has 8 aromatic rings. The molecule has 0 radical (unpaired) electrons. The van der Waals surface area contributed by atoms with Gasteiger partial charge in [-0.1, -0.05) is 135 Å². The van der Waals surface area contributed by atoms with E-state index in [0.29, 0.717) is 0 Å². The molecule has 1 nitrogen and oxygen atoms in total. The molecular formula is C45H30O. The predicted molar refractivity (Wildman–Crippen MR) is 193 cm³/mol. The second kappa shape index (κ2) is 9.19. The van der Waals surface area contributed by atoms with Crippen molar-refractivity contribution in [3.8, 4) is 56.0 Å². The van der Waals surface area contributed by atoms with Gasteiger partial charge in [0, 0.05) is 16.4 Å². The van der Waals surface area contributed by atoms with Gasteiger partial charge in [0.15, 0.2) is 0 Å². The average Bonchev–Trinajstić information content (AvgIpc) is 3.33. The lowest BCUT2D eigenvalue weighted by atomic mass is 9.80. The summed E-state index contributed by atoms with van der Waals surface area (Å²) in [6.07, 6.45) is 0. The van der Waals surface area contributed by atoms with Crippen LogP contribution in [0.25, 0.3) is 76.8 Å². The van der Waals surface area contributed by atoms with Gasteiger partial charge in [0.05, 0.1) is 0 Å². The second-order valence-electron chi connectivity index (χ2n) is 13.2. The summed E-state index contributed by atoms with van der Waals surface area (Å²) in [6.45, 7) is 4.72. The fraction of sp³-hybridized carbons (Fsp3) is 0.0667. The first-order chi connectivity index (χ1) is 22.6. The molecule has 0 saturated carbocycles. The van der Waals surface area contributed by atoms with Gasteiger partial charge in [-0.05, 0) is 101 Å². The van der Waals surface area contributed by atoms with Crippen LogP contribution in [0.3, 0.4) is 0 Å². The Balaban J connectivity index is 1.27. The molecule has 8 aromatic carbocycles. The van der Waals surface area contributed by atoms with Crippen molar-refractivity contribution < 1.29 is 4.74 Å². The Morgan fingerprint density at radius 3 is 1.72 bits per heavy atom. The molecule has 1 aliphatic heterocycles. The molecule has 216 valence electrons. The van der Waals surface area contributed by atoms with E-state index in [0.717, 1.165) is 17.1 Å². The quantitative estimate of drug-likeness (QED) is 0.183. The second-order valence-corrected chi connectivity index (χ2v) is 13.2. The molecule has 1 heterocycles. The van der Waals surface area contributed by atoms with Gasteiger partial charge in [0.1, 0.15) is 11.5 Å². The molecule has 0 unspecified atom stereocenters. The number of hydrogen-bond acceptors (Lipinski definition) is 1. The number of rotatable bonds is 2. The van der Waals surface area contributed by atoms with Crippen LogP contribution < -0.4 is 4.74 Å². The Morgan fingerprint density at radius 1 is 0.391 bits per heavy atom. The summed E-state index contributed by atoms with van der Waals surface area (Å²) in [5, 5.41) is 7.45. The third kappa shape index (κ3) is 3.35. The molecule has 0 saturated heterocycles. The van der Waals surface area contributed by atoms with Gasteiger partial charge in [-0.25, -0.2) is 0 Å². The van der Waals surface area contributed by atoms with Crippen LogP contribution in [0.15, 0.2) is 146 Å². The third-order valence-corrected chi connectivity index (χ3v) is 10.5. The molecule has 0 aromatic heterocycles. The van der Waals surface area contributed by atoms with E-state index in [1.807, 2.05) is 6.07 Å². The smallest absolute Gasteiger partial charge is 0.135 e. The number of para-hydroxylation sites is 1. The Morgan fingerprint density at radius 2 is 0.957 bits per heavy atom. The Kier molecular flexibility index (Phi) is 5.12. The minimum Gasteiger partial charge on any atom is -0.456 e. The van der Waals surface area contributed by atoms with Crippen molar-refractivity contribution in [2.45, 2.75) is 19.3 Å². The normalized spacial score (nSPS) is 13.8. The predicted octanol–water partition coefficient (Wildman–Crippen LogP) is 12.6. The Labute approximate surface area is 268 Å². The van der Waals surface area contributed by atoms with Gasteiger partial charge in [0.25, 0.3) is 0 Å². The largest absolute Gasteiger partial charge is 0.456 e. The first-order valence-corrected chi connectivity index (χ1v) is 16.1. The molecule has 10 rings (SSSR count). The van der Waals surface area contributed by atoms with Gasteiger partial charge >= 0.3 is 0 Å². The Bertz CT molecular complexity index is 2530. The van der Waals surface area contributed by atoms with Crippen LogP contribution in [-0.4, -0.2) is 0 Å². The van der Waals surface area contributed by atoms with Crippen molar-refractivity contribution in [3.05, 3.63) is 157 Å². The lowest BCUT2D eigenvalue weighted by Gasteiger charge is -2.24. The molecule has 46 heavy (non-hydrogen) atoms. The van der Waals surface area contributed by atoms with Crippen molar-refractivity contribution in [2.24, 2.45) is 0 Å². The summed E-state index contributed by atoms with van der Waals surface area (Å²) >= 11 is 0. The highest BCUT2D eigenvalue weighted by molar-refractivity contribution is 6.24. The van der Waals surface area contributed by atoms with Gasteiger partial charge in [-0.3, -0.25) is 0 Å². The summed E-state index contributed by atoms with van der Waals surface area (Å²) in [5.41, 5.74) is 12.9. The van der Waals surface area contributed by atoms with Crippen LogP contribution in [0.2, 0.25) is 0 Å². The number of hydrogen-bond donors (Lipinski definition) is 0. The summed E-state index contributed by atoms with van der Waals surface area (Å²) < 4.78 is 6.47. The highest BCUT2D eigenvalue weighted by atomic mass is 16.5. The minimum atomic E-state index is -0.0580. The molecular weight excluding hydrogens is 556 g/mol. The van der Waals surface area contributed by atoms with E-state index in [9.17, 15) is 0 Å². The molecule has 0 amide bonds. The van der Waals surface area contributed by atoms with Gasteiger partial charge in [-0.2, -0.15) is 0 Å². The van der Waals surface area contributed by atoms with Crippen LogP contribution in [0, 0.1) is 0 Å². The number of ether oxygens (including phenoxy) is 1. The Hall–Kier alpha value is -5.66. The fourth-order valence-electron chi connectivity index (χ4n) is 8.39. The van der Waals surface area contributed by atoms with Gasteiger partial charge in [0.2, 0.25) is 0 Å². The summed E-state index contributed by atoms with van der Waals surface area (Å²) in [7, 11) is 0. The summed E-state index contributed by atoms with van der Waals surface area (Å²) in [5.74, 6) is 1.83. The lowest BCUT2D eigenvalue weighted by molar-refractivity contribution is 0.487. The fourth-order valence-corrected chi connectivity index (χ4v) is 8.39. The van der Waals surface area contributed by atoms with E-state index < -0.39 is 0 Å².